The average molecular weight is 592 g/mol. The number of urea groups is 1. The number of ether oxygens (including phenoxy) is 1. The van der Waals surface area contributed by atoms with Gasteiger partial charge in [0.25, 0.3) is 5.56 Å². The third-order valence-corrected chi connectivity index (χ3v) is 6.81. The van der Waals surface area contributed by atoms with Gasteiger partial charge in [0.2, 0.25) is 0 Å². The highest BCUT2D eigenvalue weighted by atomic mass is 35.5. The number of anilines is 1. The summed E-state index contributed by atoms with van der Waals surface area (Å²) in [5.74, 6) is 0.148. The lowest BCUT2D eigenvalue weighted by Gasteiger charge is -2.39. The van der Waals surface area contributed by atoms with Gasteiger partial charge in [-0.3, -0.25) is 14.3 Å². The van der Waals surface area contributed by atoms with E-state index in [4.69, 9.17) is 21.3 Å². The maximum atomic E-state index is 14.2. The van der Waals surface area contributed by atoms with Crippen molar-refractivity contribution in [3.05, 3.63) is 99.6 Å². The Hall–Kier alpha value is -4.41. The Morgan fingerprint density at radius 1 is 1.07 bits per heavy atom. The summed E-state index contributed by atoms with van der Waals surface area (Å²) in [6.45, 7) is 7.67. The van der Waals surface area contributed by atoms with Crippen LogP contribution in [0.4, 0.5) is 15.3 Å². The molecule has 0 saturated carbocycles. The van der Waals surface area contributed by atoms with Crippen molar-refractivity contribution in [3.63, 3.8) is 0 Å². The molecule has 0 radical (unpaired) electrons. The van der Waals surface area contributed by atoms with Gasteiger partial charge in [-0.25, -0.2) is 14.6 Å². The van der Waals surface area contributed by atoms with Crippen molar-refractivity contribution in [2.75, 3.05) is 18.5 Å². The number of fused-ring (bicyclic) bond motifs is 1. The van der Waals surface area contributed by atoms with Gasteiger partial charge in [0.05, 0.1) is 34.8 Å². The van der Waals surface area contributed by atoms with Crippen molar-refractivity contribution >= 4 is 40.3 Å². The number of carboxylic acid groups (broad SMARTS) is 1. The van der Waals surface area contributed by atoms with Crippen molar-refractivity contribution in [3.8, 4) is 5.69 Å². The highest BCUT2D eigenvalue weighted by Crippen LogP contribution is 2.31. The molecule has 3 amide bonds. The summed E-state index contributed by atoms with van der Waals surface area (Å²) in [4.78, 5) is 45.2. The van der Waals surface area contributed by atoms with Gasteiger partial charge in [-0.2, -0.15) is 0 Å². The molecule has 0 saturated heterocycles. The Morgan fingerprint density at radius 3 is 2.45 bits per heavy atom. The maximum absolute atomic E-state index is 14.2. The van der Waals surface area contributed by atoms with Crippen LogP contribution < -0.4 is 16.2 Å². The quantitative estimate of drug-likeness (QED) is 0.212. The van der Waals surface area contributed by atoms with E-state index in [9.17, 15) is 19.5 Å². The van der Waals surface area contributed by atoms with Crippen molar-refractivity contribution in [1.29, 1.82) is 0 Å². The molecular formula is C31H34ClN5O5. The first-order chi connectivity index (χ1) is 20.0. The molecule has 1 heterocycles. The lowest BCUT2D eigenvalue weighted by atomic mass is 10.0. The van der Waals surface area contributed by atoms with E-state index in [0.717, 1.165) is 5.56 Å². The zero-order valence-electron chi connectivity index (χ0n) is 23.9. The van der Waals surface area contributed by atoms with Gasteiger partial charge in [0.1, 0.15) is 11.9 Å². The second-order valence-corrected chi connectivity index (χ2v) is 11.0. The number of amides is 3. The largest absolute Gasteiger partial charge is 0.465 e. The van der Waals surface area contributed by atoms with E-state index in [1.807, 2.05) is 30.3 Å². The number of rotatable bonds is 9. The lowest BCUT2D eigenvalue weighted by molar-refractivity contribution is 0.0104. The van der Waals surface area contributed by atoms with Crippen LogP contribution in [0, 0.1) is 0 Å². The predicted molar refractivity (Wildman–Crippen MR) is 164 cm³/mol. The number of benzene rings is 3. The van der Waals surface area contributed by atoms with Crippen LogP contribution in [-0.4, -0.2) is 50.4 Å². The topological polar surface area (TPSA) is 126 Å². The first-order valence-corrected chi connectivity index (χ1v) is 13.9. The third-order valence-electron chi connectivity index (χ3n) is 6.50. The molecule has 0 aliphatic heterocycles. The molecule has 1 aromatic heterocycles. The molecule has 1 unspecified atom stereocenters. The fraction of sp³-hybridized carbons (Fsp3) is 0.290. The summed E-state index contributed by atoms with van der Waals surface area (Å²) in [6, 6.07) is 19.7. The Balaban J connectivity index is 1.93. The molecule has 0 fully saturated rings. The van der Waals surface area contributed by atoms with E-state index in [0.29, 0.717) is 23.4 Å². The van der Waals surface area contributed by atoms with Crippen LogP contribution in [0.5, 0.6) is 0 Å². The van der Waals surface area contributed by atoms with Crippen LogP contribution in [0.25, 0.3) is 16.6 Å². The Kier molecular flexibility index (Phi) is 9.49. The second-order valence-electron chi connectivity index (χ2n) is 10.6. The first kappa shape index (κ1) is 30.5. The molecule has 220 valence electrons. The van der Waals surface area contributed by atoms with Crippen LogP contribution in [0.2, 0.25) is 5.02 Å². The van der Waals surface area contributed by atoms with Gasteiger partial charge in [-0.1, -0.05) is 54.1 Å². The van der Waals surface area contributed by atoms with Gasteiger partial charge < -0.3 is 20.5 Å². The van der Waals surface area contributed by atoms with Gasteiger partial charge in [0.15, 0.2) is 0 Å². The normalized spacial score (nSPS) is 12.1. The molecule has 42 heavy (non-hydrogen) atoms. The molecule has 0 aliphatic rings. The molecule has 3 aromatic carbocycles. The van der Waals surface area contributed by atoms with E-state index in [1.165, 1.54) is 9.47 Å². The summed E-state index contributed by atoms with van der Waals surface area (Å²) in [6.07, 6.45) is -1.20. The molecule has 3 N–H and O–H groups in total. The van der Waals surface area contributed by atoms with Gasteiger partial charge in [-0.05, 0) is 63.6 Å². The molecule has 10 nitrogen and oxygen atoms in total. The highest BCUT2D eigenvalue weighted by molar-refractivity contribution is 6.35. The van der Waals surface area contributed by atoms with Gasteiger partial charge >= 0.3 is 12.1 Å². The van der Waals surface area contributed by atoms with Crippen LogP contribution in [-0.2, 0) is 11.3 Å². The number of hydrogen-bond acceptors (Lipinski definition) is 5. The van der Waals surface area contributed by atoms with E-state index in [1.54, 1.807) is 70.2 Å². The SMILES string of the molecule is CCNC(=O)Nc1cccc(-n2c(C(COCc3ccccc3)N(C(=O)O)C(C)(C)C)nc3cccc(Cl)c3c2=O)c1. The number of nitrogens with zero attached hydrogens (tertiary/aromatic N) is 3. The smallest absolute Gasteiger partial charge is 0.408 e. The van der Waals surface area contributed by atoms with E-state index >= 15 is 0 Å². The van der Waals surface area contributed by atoms with Crippen LogP contribution in [0.15, 0.2) is 77.6 Å². The number of halogens is 1. The van der Waals surface area contributed by atoms with E-state index < -0.39 is 29.3 Å². The number of aromatic nitrogens is 2. The Labute approximate surface area is 248 Å². The number of carbonyl (C=O) groups is 2. The summed E-state index contributed by atoms with van der Waals surface area (Å²) in [7, 11) is 0. The number of carbonyl (C=O) groups excluding carboxylic acids is 1. The van der Waals surface area contributed by atoms with Crippen molar-refractivity contribution < 1.29 is 19.4 Å². The monoisotopic (exact) mass is 591 g/mol. The zero-order chi connectivity index (χ0) is 30.4. The highest BCUT2D eigenvalue weighted by Gasteiger charge is 2.37. The minimum Gasteiger partial charge on any atom is -0.465 e. The molecule has 1 atom stereocenters. The predicted octanol–water partition coefficient (Wildman–Crippen LogP) is 6.22. The number of nitrogens with one attached hydrogen (secondary N) is 2. The average Bonchev–Trinajstić information content (AvgIpc) is 2.92. The van der Waals surface area contributed by atoms with Crippen LogP contribution in [0.1, 0.15) is 45.1 Å². The van der Waals surface area contributed by atoms with Crippen molar-refractivity contribution in [2.45, 2.75) is 45.9 Å². The fourth-order valence-electron chi connectivity index (χ4n) is 4.75. The minimum absolute atomic E-state index is 0.0895. The molecule has 4 rings (SSSR count). The first-order valence-electron chi connectivity index (χ1n) is 13.5. The Bertz CT molecular complexity index is 1630. The molecule has 0 bridgehead atoms. The second kappa shape index (κ2) is 13.1. The summed E-state index contributed by atoms with van der Waals surface area (Å²) >= 11 is 6.48. The number of hydrogen-bond donors (Lipinski definition) is 3. The summed E-state index contributed by atoms with van der Waals surface area (Å²) in [5.41, 5.74) is 0.656. The van der Waals surface area contributed by atoms with E-state index in [2.05, 4.69) is 10.6 Å². The Morgan fingerprint density at radius 2 is 1.79 bits per heavy atom. The van der Waals surface area contributed by atoms with Crippen molar-refractivity contribution in [2.24, 2.45) is 0 Å². The summed E-state index contributed by atoms with van der Waals surface area (Å²) < 4.78 is 7.42. The molecule has 11 heteroatoms. The van der Waals surface area contributed by atoms with Gasteiger partial charge in [0, 0.05) is 17.8 Å². The fourth-order valence-corrected chi connectivity index (χ4v) is 5.00. The minimum atomic E-state index is -1.20. The zero-order valence-corrected chi connectivity index (χ0v) is 24.7. The van der Waals surface area contributed by atoms with Crippen LogP contribution >= 0.6 is 11.6 Å². The summed E-state index contributed by atoms with van der Waals surface area (Å²) in [5, 5.41) is 16.2. The van der Waals surface area contributed by atoms with Gasteiger partial charge in [-0.15, -0.1) is 0 Å². The maximum Gasteiger partial charge on any atom is 0.408 e. The molecule has 0 spiro atoms. The standard InChI is InChI=1S/C31H34ClN5O5/c1-5-33-29(39)34-21-13-9-14-22(17-21)36-27(35-24-16-10-15-23(32)26(24)28(36)38)25(37(30(40)41)31(2,3)4)19-42-18-20-11-7-6-8-12-20/h6-17,25H,5,18-19H2,1-4H3,(H,40,41)(H2,33,34,39). The molecule has 0 aliphatic carbocycles. The van der Waals surface area contributed by atoms with Crippen LogP contribution in [0.3, 0.4) is 0 Å². The van der Waals surface area contributed by atoms with E-state index in [-0.39, 0.29) is 29.4 Å². The third kappa shape index (κ3) is 6.89. The molecular weight excluding hydrogens is 558 g/mol. The lowest BCUT2D eigenvalue weighted by Crippen LogP contribution is -2.50. The van der Waals surface area contributed by atoms with Crippen molar-refractivity contribution in [1.82, 2.24) is 19.8 Å². The molecule has 4 aromatic rings.